The standard InChI is InChI=1S/C11H15NO2/c1-7-6-10(14)8-4-2-3-5-9(13)11(8)12-7/h6,9,13H,2-5H2,1H3,(H,12,14). The van der Waals surface area contributed by atoms with E-state index in [9.17, 15) is 9.90 Å². The number of rotatable bonds is 0. The van der Waals surface area contributed by atoms with Gasteiger partial charge in [-0.3, -0.25) is 4.79 Å². The topological polar surface area (TPSA) is 53.1 Å². The van der Waals surface area contributed by atoms with Crippen LogP contribution in [0.1, 0.15) is 42.3 Å². The van der Waals surface area contributed by atoms with Gasteiger partial charge in [0.15, 0.2) is 5.43 Å². The molecule has 1 heterocycles. The third-order valence-electron chi connectivity index (χ3n) is 2.79. The molecular weight excluding hydrogens is 178 g/mol. The number of hydrogen-bond donors (Lipinski definition) is 2. The minimum atomic E-state index is -0.486. The van der Waals surface area contributed by atoms with Crippen LogP contribution in [-0.2, 0) is 6.42 Å². The maximum absolute atomic E-state index is 11.7. The molecule has 3 nitrogen and oxygen atoms in total. The highest BCUT2D eigenvalue weighted by Gasteiger charge is 2.19. The van der Waals surface area contributed by atoms with E-state index >= 15 is 0 Å². The summed E-state index contributed by atoms with van der Waals surface area (Å²) in [5, 5.41) is 9.82. The Hall–Kier alpha value is -1.09. The predicted molar refractivity (Wildman–Crippen MR) is 54.3 cm³/mol. The number of H-pyrrole nitrogens is 1. The lowest BCUT2D eigenvalue weighted by molar-refractivity contribution is 0.162. The highest BCUT2D eigenvalue weighted by molar-refractivity contribution is 5.25. The summed E-state index contributed by atoms with van der Waals surface area (Å²) in [4.78, 5) is 14.8. The third-order valence-corrected chi connectivity index (χ3v) is 2.79. The number of fused-ring (bicyclic) bond motifs is 1. The first-order valence-electron chi connectivity index (χ1n) is 5.09. The largest absolute Gasteiger partial charge is 0.387 e. The van der Waals surface area contributed by atoms with Crippen LogP contribution in [-0.4, -0.2) is 10.1 Å². The molecule has 2 N–H and O–H groups in total. The first-order valence-corrected chi connectivity index (χ1v) is 5.09. The average Bonchev–Trinajstić information content (AvgIpc) is 2.29. The highest BCUT2D eigenvalue weighted by atomic mass is 16.3. The second kappa shape index (κ2) is 3.58. The van der Waals surface area contributed by atoms with Gasteiger partial charge in [-0.05, 0) is 26.2 Å². The van der Waals surface area contributed by atoms with E-state index in [0.29, 0.717) is 0 Å². The number of pyridine rings is 1. The molecule has 0 saturated carbocycles. The van der Waals surface area contributed by atoms with Crippen molar-refractivity contribution >= 4 is 0 Å². The van der Waals surface area contributed by atoms with Gasteiger partial charge >= 0.3 is 0 Å². The minimum Gasteiger partial charge on any atom is -0.387 e. The van der Waals surface area contributed by atoms with Crippen molar-refractivity contribution in [1.82, 2.24) is 4.98 Å². The van der Waals surface area contributed by atoms with Crippen LogP contribution < -0.4 is 5.43 Å². The number of aliphatic hydroxyl groups excluding tert-OH is 1. The maximum atomic E-state index is 11.7. The molecule has 0 aromatic carbocycles. The second-order valence-corrected chi connectivity index (χ2v) is 3.97. The van der Waals surface area contributed by atoms with E-state index in [0.717, 1.165) is 42.6 Å². The van der Waals surface area contributed by atoms with E-state index in [2.05, 4.69) is 4.98 Å². The van der Waals surface area contributed by atoms with Gasteiger partial charge in [-0.1, -0.05) is 6.42 Å². The molecule has 1 aromatic heterocycles. The molecule has 0 bridgehead atoms. The fraction of sp³-hybridized carbons (Fsp3) is 0.545. The Morgan fingerprint density at radius 2 is 2.29 bits per heavy atom. The normalized spacial score (nSPS) is 21.4. The highest BCUT2D eigenvalue weighted by Crippen LogP contribution is 2.24. The van der Waals surface area contributed by atoms with Gasteiger partial charge < -0.3 is 10.1 Å². The van der Waals surface area contributed by atoms with Gasteiger partial charge in [0.1, 0.15) is 0 Å². The van der Waals surface area contributed by atoms with Crippen LogP contribution in [0.15, 0.2) is 10.9 Å². The predicted octanol–water partition coefficient (Wildman–Crippen LogP) is 1.44. The van der Waals surface area contributed by atoms with Gasteiger partial charge in [-0.2, -0.15) is 0 Å². The molecule has 1 atom stereocenters. The van der Waals surface area contributed by atoms with Crippen LogP contribution in [0.25, 0.3) is 0 Å². The zero-order valence-electron chi connectivity index (χ0n) is 8.34. The van der Waals surface area contributed by atoms with Crippen LogP contribution >= 0.6 is 0 Å². The molecule has 1 aromatic rings. The Labute approximate surface area is 82.8 Å². The minimum absolute atomic E-state index is 0.0669. The Morgan fingerprint density at radius 3 is 3.07 bits per heavy atom. The molecule has 0 radical (unpaired) electrons. The number of aromatic nitrogens is 1. The zero-order valence-corrected chi connectivity index (χ0v) is 8.34. The lowest BCUT2D eigenvalue weighted by atomic mass is 10.1. The van der Waals surface area contributed by atoms with E-state index in [1.165, 1.54) is 0 Å². The first-order chi connectivity index (χ1) is 6.68. The molecule has 0 saturated heterocycles. The molecule has 2 rings (SSSR count). The molecule has 1 aliphatic rings. The van der Waals surface area contributed by atoms with E-state index in [1.54, 1.807) is 6.07 Å². The van der Waals surface area contributed by atoms with Crippen molar-refractivity contribution < 1.29 is 5.11 Å². The molecule has 0 fully saturated rings. The second-order valence-electron chi connectivity index (χ2n) is 3.97. The molecule has 1 aliphatic carbocycles. The lowest BCUT2D eigenvalue weighted by Gasteiger charge is -2.11. The maximum Gasteiger partial charge on any atom is 0.185 e. The van der Waals surface area contributed by atoms with Crippen LogP contribution in [0.3, 0.4) is 0 Å². The van der Waals surface area contributed by atoms with Gasteiger partial charge in [0.05, 0.1) is 11.8 Å². The van der Waals surface area contributed by atoms with Crippen molar-refractivity contribution in [2.24, 2.45) is 0 Å². The van der Waals surface area contributed by atoms with Crippen molar-refractivity contribution in [3.05, 3.63) is 33.2 Å². The average molecular weight is 193 g/mol. The van der Waals surface area contributed by atoms with Gasteiger partial charge in [0, 0.05) is 17.3 Å². The fourth-order valence-electron chi connectivity index (χ4n) is 2.07. The summed E-state index contributed by atoms with van der Waals surface area (Å²) in [5.41, 5.74) is 2.42. The Bertz CT molecular complexity index is 395. The number of aryl methyl sites for hydroxylation is 1. The lowest BCUT2D eigenvalue weighted by Crippen LogP contribution is -2.15. The van der Waals surface area contributed by atoms with Gasteiger partial charge in [0.25, 0.3) is 0 Å². The quantitative estimate of drug-likeness (QED) is 0.613. The summed E-state index contributed by atoms with van der Waals surface area (Å²) in [6.45, 7) is 1.85. The van der Waals surface area contributed by atoms with Crippen molar-refractivity contribution in [2.45, 2.75) is 38.7 Å². The molecule has 0 spiro atoms. The van der Waals surface area contributed by atoms with Crippen molar-refractivity contribution in [3.63, 3.8) is 0 Å². The van der Waals surface area contributed by atoms with E-state index < -0.39 is 6.10 Å². The number of hydrogen-bond acceptors (Lipinski definition) is 2. The number of aliphatic hydroxyl groups is 1. The summed E-state index contributed by atoms with van der Waals surface area (Å²) >= 11 is 0. The van der Waals surface area contributed by atoms with Gasteiger partial charge in [0.2, 0.25) is 0 Å². The van der Waals surface area contributed by atoms with Gasteiger partial charge in [-0.15, -0.1) is 0 Å². The van der Waals surface area contributed by atoms with Gasteiger partial charge in [-0.25, -0.2) is 0 Å². The summed E-state index contributed by atoms with van der Waals surface area (Å²) in [6.07, 6.45) is 3.05. The van der Waals surface area contributed by atoms with Crippen molar-refractivity contribution in [3.8, 4) is 0 Å². The summed E-state index contributed by atoms with van der Waals surface area (Å²) < 4.78 is 0. The molecule has 1 unspecified atom stereocenters. The molecule has 3 heteroatoms. The summed E-state index contributed by atoms with van der Waals surface area (Å²) in [6, 6.07) is 1.61. The van der Waals surface area contributed by atoms with Crippen molar-refractivity contribution in [1.29, 1.82) is 0 Å². The summed E-state index contributed by atoms with van der Waals surface area (Å²) in [7, 11) is 0. The molecule has 0 aliphatic heterocycles. The van der Waals surface area contributed by atoms with Crippen LogP contribution in [0.4, 0.5) is 0 Å². The third kappa shape index (κ3) is 1.60. The van der Waals surface area contributed by atoms with Crippen LogP contribution in [0.5, 0.6) is 0 Å². The number of aromatic amines is 1. The molecule has 0 amide bonds. The monoisotopic (exact) mass is 193 g/mol. The van der Waals surface area contributed by atoms with E-state index in [4.69, 9.17) is 0 Å². The SMILES string of the molecule is Cc1cc(=O)c2c([nH]1)C(O)CCCC2. The van der Waals surface area contributed by atoms with Crippen molar-refractivity contribution in [2.75, 3.05) is 0 Å². The molecular formula is C11H15NO2. The van der Waals surface area contributed by atoms with Crippen LogP contribution in [0.2, 0.25) is 0 Å². The zero-order chi connectivity index (χ0) is 10.1. The Morgan fingerprint density at radius 1 is 1.50 bits per heavy atom. The smallest absolute Gasteiger partial charge is 0.185 e. The molecule has 76 valence electrons. The first kappa shape index (κ1) is 9.46. The molecule has 14 heavy (non-hydrogen) atoms. The Balaban J connectivity index is 2.58. The van der Waals surface area contributed by atoms with Crippen LogP contribution in [0, 0.1) is 6.92 Å². The Kier molecular flexibility index (Phi) is 2.42. The number of nitrogens with one attached hydrogen (secondary N) is 1. The summed E-state index contributed by atoms with van der Waals surface area (Å²) in [5.74, 6) is 0. The fourth-order valence-corrected chi connectivity index (χ4v) is 2.07. The van der Waals surface area contributed by atoms with E-state index in [-0.39, 0.29) is 5.43 Å². The van der Waals surface area contributed by atoms with E-state index in [1.807, 2.05) is 6.92 Å².